The summed E-state index contributed by atoms with van der Waals surface area (Å²) in [4.78, 5) is 0. The number of nitrogens with zero attached hydrogens (tertiary/aromatic N) is 2. The summed E-state index contributed by atoms with van der Waals surface area (Å²) in [6.45, 7) is 6.92. The van der Waals surface area contributed by atoms with Crippen LogP contribution in [0.3, 0.4) is 0 Å². The molecule has 0 aliphatic rings. The van der Waals surface area contributed by atoms with Crippen molar-refractivity contribution in [3.8, 4) is 0 Å². The van der Waals surface area contributed by atoms with Crippen LogP contribution in [0.1, 0.15) is 35.0 Å². The molecule has 0 radical (unpaired) electrons. The topological polar surface area (TPSA) is 38.0 Å². The van der Waals surface area contributed by atoms with Gasteiger partial charge in [0.15, 0.2) is 0 Å². The Morgan fingerprint density at radius 3 is 2.22 bits per heavy atom. The first-order valence-corrected chi connectivity index (χ1v) is 6.37. The Bertz CT molecular complexity index is 526. The molecule has 0 bridgehead atoms. The van der Waals surface area contributed by atoms with Crippen LogP contribution in [-0.2, 0) is 19.6 Å². The predicted octanol–water partition coefficient (Wildman–Crippen LogP) is 2.60. The van der Waals surface area contributed by atoms with E-state index in [-0.39, 0.29) is 6.61 Å². The van der Waals surface area contributed by atoms with Crippen LogP contribution in [0.5, 0.6) is 0 Å². The molecule has 2 rings (SSSR count). The van der Waals surface area contributed by atoms with E-state index in [1.807, 2.05) is 18.5 Å². The second-order valence-corrected chi connectivity index (χ2v) is 4.64. The molecule has 0 saturated heterocycles. The second kappa shape index (κ2) is 5.36. The van der Waals surface area contributed by atoms with Gasteiger partial charge in [0.1, 0.15) is 0 Å². The Hall–Kier alpha value is -1.61. The number of hydrogen-bond acceptors (Lipinski definition) is 2. The van der Waals surface area contributed by atoms with E-state index in [0.29, 0.717) is 0 Å². The highest BCUT2D eigenvalue weighted by atomic mass is 16.3. The van der Waals surface area contributed by atoms with E-state index in [9.17, 15) is 5.11 Å². The van der Waals surface area contributed by atoms with Gasteiger partial charge in [-0.05, 0) is 31.4 Å². The molecule has 0 aliphatic carbocycles. The summed E-state index contributed by atoms with van der Waals surface area (Å²) in [5.41, 5.74) is 5.50. The quantitative estimate of drug-likeness (QED) is 0.897. The Kier molecular flexibility index (Phi) is 3.82. The highest BCUT2D eigenvalue weighted by Crippen LogP contribution is 2.15. The van der Waals surface area contributed by atoms with Crippen molar-refractivity contribution in [3.63, 3.8) is 0 Å². The molecule has 1 aromatic heterocycles. The highest BCUT2D eigenvalue weighted by molar-refractivity contribution is 5.26. The SMILES string of the molecule is CCc1ccc(Cn2nc(C)c(CO)c2C)cc1. The van der Waals surface area contributed by atoms with Gasteiger partial charge in [0.2, 0.25) is 0 Å². The molecule has 3 heteroatoms. The zero-order valence-corrected chi connectivity index (χ0v) is 11.3. The first-order valence-electron chi connectivity index (χ1n) is 6.37. The van der Waals surface area contributed by atoms with Gasteiger partial charge >= 0.3 is 0 Å². The molecule has 0 saturated carbocycles. The minimum atomic E-state index is 0.0619. The summed E-state index contributed by atoms with van der Waals surface area (Å²) in [7, 11) is 0. The van der Waals surface area contributed by atoms with E-state index in [0.717, 1.165) is 29.9 Å². The number of aryl methyl sites for hydroxylation is 2. The first kappa shape index (κ1) is 12.8. The van der Waals surface area contributed by atoms with E-state index >= 15 is 0 Å². The van der Waals surface area contributed by atoms with Gasteiger partial charge in [-0.3, -0.25) is 4.68 Å². The van der Waals surface area contributed by atoms with Crippen LogP contribution in [0.15, 0.2) is 24.3 Å². The summed E-state index contributed by atoms with van der Waals surface area (Å²) in [6.07, 6.45) is 1.06. The van der Waals surface area contributed by atoms with Crippen molar-refractivity contribution in [2.24, 2.45) is 0 Å². The van der Waals surface area contributed by atoms with Crippen LogP contribution in [0.4, 0.5) is 0 Å². The summed E-state index contributed by atoms with van der Waals surface area (Å²) in [5.74, 6) is 0. The minimum absolute atomic E-state index is 0.0619. The molecule has 0 aliphatic heterocycles. The summed E-state index contributed by atoms with van der Waals surface area (Å²) in [5, 5.41) is 13.8. The number of aromatic nitrogens is 2. The highest BCUT2D eigenvalue weighted by Gasteiger charge is 2.10. The molecule has 0 atom stereocenters. The van der Waals surface area contributed by atoms with E-state index in [2.05, 4.69) is 36.3 Å². The van der Waals surface area contributed by atoms with Gasteiger partial charge in [-0.15, -0.1) is 0 Å². The molecule has 0 unspecified atom stereocenters. The van der Waals surface area contributed by atoms with Crippen molar-refractivity contribution in [1.82, 2.24) is 9.78 Å². The van der Waals surface area contributed by atoms with Crippen LogP contribution < -0.4 is 0 Å². The van der Waals surface area contributed by atoms with Crippen molar-refractivity contribution in [3.05, 3.63) is 52.3 Å². The maximum atomic E-state index is 9.29. The molecule has 0 spiro atoms. The maximum absolute atomic E-state index is 9.29. The van der Waals surface area contributed by atoms with Gasteiger partial charge in [-0.25, -0.2) is 0 Å². The smallest absolute Gasteiger partial charge is 0.0718 e. The summed E-state index contributed by atoms with van der Waals surface area (Å²) in [6, 6.07) is 8.61. The maximum Gasteiger partial charge on any atom is 0.0718 e. The summed E-state index contributed by atoms with van der Waals surface area (Å²) < 4.78 is 1.96. The lowest BCUT2D eigenvalue weighted by Crippen LogP contribution is -2.04. The van der Waals surface area contributed by atoms with Crippen molar-refractivity contribution >= 4 is 0 Å². The van der Waals surface area contributed by atoms with Crippen molar-refractivity contribution in [2.45, 2.75) is 40.3 Å². The fourth-order valence-electron chi connectivity index (χ4n) is 2.17. The first-order chi connectivity index (χ1) is 8.65. The van der Waals surface area contributed by atoms with Crippen LogP contribution in [-0.4, -0.2) is 14.9 Å². The van der Waals surface area contributed by atoms with Gasteiger partial charge in [0.25, 0.3) is 0 Å². The average Bonchev–Trinajstić information content (AvgIpc) is 2.65. The molecule has 1 aromatic carbocycles. The normalized spacial score (nSPS) is 10.9. The molecular formula is C15H20N2O. The zero-order valence-electron chi connectivity index (χ0n) is 11.3. The van der Waals surface area contributed by atoms with Gasteiger partial charge in [0.05, 0.1) is 18.8 Å². The largest absolute Gasteiger partial charge is 0.392 e. The Balaban J connectivity index is 2.22. The Labute approximate surface area is 108 Å². The number of aliphatic hydroxyl groups excluding tert-OH is 1. The molecular weight excluding hydrogens is 224 g/mol. The number of hydrogen-bond donors (Lipinski definition) is 1. The van der Waals surface area contributed by atoms with Crippen LogP contribution >= 0.6 is 0 Å². The third-order valence-corrected chi connectivity index (χ3v) is 3.45. The fourth-order valence-corrected chi connectivity index (χ4v) is 2.17. The van der Waals surface area contributed by atoms with Crippen LogP contribution in [0.2, 0.25) is 0 Å². The molecule has 0 fully saturated rings. The lowest BCUT2D eigenvalue weighted by molar-refractivity contribution is 0.280. The van der Waals surface area contributed by atoms with Crippen molar-refractivity contribution in [2.75, 3.05) is 0 Å². The van der Waals surface area contributed by atoms with Gasteiger partial charge < -0.3 is 5.11 Å². The third-order valence-electron chi connectivity index (χ3n) is 3.45. The van der Waals surface area contributed by atoms with Crippen LogP contribution in [0, 0.1) is 13.8 Å². The monoisotopic (exact) mass is 244 g/mol. The number of benzene rings is 1. The van der Waals surface area contributed by atoms with Gasteiger partial charge in [-0.1, -0.05) is 31.2 Å². The standard InChI is InChI=1S/C15H20N2O/c1-4-13-5-7-14(8-6-13)9-17-12(3)15(10-18)11(2)16-17/h5-8,18H,4,9-10H2,1-3H3. The van der Waals surface area contributed by atoms with Gasteiger partial charge in [0, 0.05) is 11.3 Å². The number of aliphatic hydroxyl groups is 1. The molecule has 1 N–H and O–H groups in total. The van der Waals surface area contributed by atoms with E-state index in [1.54, 1.807) is 0 Å². The van der Waals surface area contributed by atoms with E-state index in [4.69, 9.17) is 0 Å². The molecule has 3 nitrogen and oxygen atoms in total. The summed E-state index contributed by atoms with van der Waals surface area (Å²) >= 11 is 0. The molecule has 1 heterocycles. The predicted molar refractivity (Wildman–Crippen MR) is 72.5 cm³/mol. The Morgan fingerprint density at radius 2 is 1.72 bits per heavy atom. The van der Waals surface area contributed by atoms with Crippen LogP contribution in [0.25, 0.3) is 0 Å². The van der Waals surface area contributed by atoms with Gasteiger partial charge in [-0.2, -0.15) is 5.10 Å². The zero-order chi connectivity index (χ0) is 13.1. The van der Waals surface area contributed by atoms with Crippen molar-refractivity contribution < 1.29 is 5.11 Å². The average molecular weight is 244 g/mol. The lowest BCUT2D eigenvalue weighted by Gasteiger charge is -2.06. The molecule has 2 aromatic rings. The van der Waals surface area contributed by atoms with E-state index < -0.39 is 0 Å². The molecule has 18 heavy (non-hydrogen) atoms. The minimum Gasteiger partial charge on any atom is -0.392 e. The lowest BCUT2D eigenvalue weighted by atomic mass is 10.1. The molecule has 0 amide bonds. The second-order valence-electron chi connectivity index (χ2n) is 4.64. The van der Waals surface area contributed by atoms with Crippen molar-refractivity contribution in [1.29, 1.82) is 0 Å². The Morgan fingerprint density at radius 1 is 1.11 bits per heavy atom. The molecule has 96 valence electrons. The third kappa shape index (κ3) is 2.46. The number of rotatable bonds is 4. The van der Waals surface area contributed by atoms with E-state index in [1.165, 1.54) is 11.1 Å². The fraction of sp³-hybridized carbons (Fsp3) is 0.400.